The van der Waals surface area contributed by atoms with Gasteiger partial charge < -0.3 is 19.9 Å². The average molecular weight is 469 g/mol. The normalized spacial score (nSPS) is 18.9. The number of piperazine rings is 1. The first kappa shape index (κ1) is 24.0. The second kappa shape index (κ2) is 11.3. The number of anilines is 1. The van der Waals surface area contributed by atoms with E-state index < -0.39 is 6.04 Å². The summed E-state index contributed by atoms with van der Waals surface area (Å²) in [5.41, 5.74) is 2.03. The first-order chi connectivity index (χ1) is 16.5. The molecule has 2 aliphatic rings. The van der Waals surface area contributed by atoms with E-state index in [9.17, 15) is 14.0 Å². The van der Waals surface area contributed by atoms with E-state index in [1.54, 1.807) is 24.1 Å². The maximum absolute atomic E-state index is 13.2. The molecule has 2 amide bonds. The molecule has 2 fully saturated rings. The van der Waals surface area contributed by atoms with E-state index in [1.807, 2.05) is 12.1 Å². The highest BCUT2D eigenvalue weighted by atomic mass is 19.1. The number of nitrogens with zero attached hydrogens (tertiary/aromatic N) is 3. The zero-order chi connectivity index (χ0) is 23.9. The van der Waals surface area contributed by atoms with Gasteiger partial charge in [0, 0.05) is 51.4 Å². The first-order valence-corrected chi connectivity index (χ1v) is 12.0. The third kappa shape index (κ3) is 6.05. The second-order valence-electron chi connectivity index (χ2n) is 8.87. The van der Waals surface area contributed by atoms with E-state index in [2.05, 4.69) is 27.2 Å². The third-order valence-electron chi connectivity index (χ3n) is 6.66. The van der Waals surface area contributed by atoms with Crippen LogP contribution in [0.25, 0.3) is 0 Å². The van der Waals surface area contributed by atoms with Crippen LogP contribution in [0.5, 0.6) is 5.75 Å². The molecule has 1 unspecified atom stereocenters. The number of halogens is 1. The van der Waals surface area contributed by atoms with E-state index in [4.69, 9.17) is 4.74 Å². The quantitative estimate of drug-likeness (QED) is 0.574. The van der Waals surface area contributed by atoms with Gasteiger partial charge >= 0.3 is 0 Å². The molecule has 4 rings (SSSR count). The van der Waals surface area contributed by atoms with E-state index in [0.29, 0.717) is 25.9 Å². The molecule has 2 aromatic rings. The Labute approximate surface area is 200 Å². The maximum Gasteiger partial charge on any atom is 0.242 e. The Balaban J connectivity index is 1.17. The minimum atomic E-state index is -0.453. The van der Waals surface area contributed by atoms with Gasteiger partial charge in [0.05, 0.1) is 7.11 Å². The van der Waals surface area contributed by atoms with Crippen LogP contribution in [0.3, 0.4) is 0 Å². The lowest BCUT2D eigenvalue weighted by Gasteiger charge is -2.36. The predicted octanol–water partition coefficient (Wildman–Crippen LogP) is 2.65. The van der Waals surface area contributed by atoms with Crippen LogP contribution < -0.4 is 15.0 Å². The molecule has 0 aliphatic carbocycles. The highest BCUT2D eigenvalue weighted by molar-refractivity contribution is 5.90. The SMILES string of the molecule is COc1ccc(N2CCN(CCCNC(=O)C3CCC(=O)N3Cc3ccc(F)cc3)CC2)cc1. The van der Waals surface area contributed by atoms with Crippen molar-refractivity contribution < 1.29 is 18.7 Å². The smallest absolute Gasteiger partial charge is 0.242 e. The van der Waals surface area contributed by atoms with Crippen LogP contribution in [-0.2, 0) is 16.1 Å². The van der Waals surface area contributed by atoms with E-state index >= 15 is 0 Å². The molecule has 0 spiro atoms. The fourth-order valence-electron chi connectivity index (χ4n) is 4.65. The van der Waals surface area contributed by atoms with Gasteiger partial charge in [0.2, 0.25) is 11.8 Å². The topological polar surface area (TPSA) is 65.1 Å². The van der Waals surface area contributed by atoms with Crippen LogP contribution >= 0.6 is 0 Å². The number of hydrogen-bond acceptors (Lipinski definition) is 5. The average Bonchev–Trinajstić information content (AvgIpc) is 3.23. The maximum atomic E-state index is 13.2. The van der Waals surface area contributed by atoms with Crippen LogP contribution in [0.1, 0.15) is 24.8 Å². The van der Waals surface area contributed by atoms with Gasteiger partial charge in [0.15, 0.2) is 0 Å². The molecule has 0 radical (unpaired) electrons. The van der Waals surface area contributed by atoms with Crippen LogP contribution in [0.2, 0.25) is 0 Å². The Bertz CT molecular complexity index is 959. The summed E-state index contributed by atoms with van der Waals surface area (Å²) in [5, 5.41) is 3.01. The summed E-state index contributed by atoms with van der Waals surface area (Å²) in [6.07, 6.45) is 1.77. The molecule has 2 aliphatic heterocycles. The second-order valence-corrected chi connectivity index (χ2v) is 8.87. The number of benzene rings is 2. The number of methoxy groups -OCH3 is 1. The molecule has 34 heavy (non-hydrogen) atoms. The zero-order valence-electron chi connectivity index (χ0n) is 19.7. The molecule has 8 heteroatoms. The summed E-state index contributed by atoms with van der Waals surface area (Å²) < 4.78 is 18.4. The number of carbonyl (C=O) groups excluding carboxylic acids is 2. The summed E-state index contributed by atoms with van der Waals surface area (Å²) in [7, 11) is 1.67. The molecule has 0 bridgehead atoms. The molecule has 0 saturated carbocycles. The van der Waals surface area contributed by atoms with Crippen molar-refractivity contribution in [3.05, 3.63) is 59.9 Å². The lowest BCUT2D eigenvalue weighted by Crippen LogP contribution is -2.47. The lowest BCUT2D eigenvalue weighted by atomic mass is 10.1. The Morgan fingerprint density at radius 3 is 2.44 bits per heavy atom. The van der Waals surface area contributed by atoms with Crippen molar-refractivity contribution >= 4 is 17.5 Å². The molecule has 1 N–H and O–H groups in total. The Morgan fingerprint density at radius 1 is 1.06 bits per heavy atom. The highest BCUT2D eigenvalue weighted by Crippen LogP contribution is 2.22. The first-order valence-electron chi connectivity index (χ1n) is 12.0. The van der Waals surface area contributed by atoms with Gasteiger partial charge in [-0.05, 0) is 61.3 Å². The minimum Gasteiger partial charge on any atom is -0.497 e. The molecule has 7 nitrogen and oxygen atoms in total. The summed E-state index contributed by atoms with van der Waals surface area (Å²) in [6.45, 7) is 5.77. The predicted molar refractivity (Wildman–Crippen MR) is 129 cm³/mol. The van der Waals surface area contributed by atoms with Crippen molar-refractivity contribution in [3.63, 3.8) is 0 Å². The van der Waals surface area contributed by atoms with Gasteiger partial charge in [-0.3, -0.25) is 14.5 Å². The third-order valence-corrected chi connectivity index (χ3v) is 6.66. The fraction of sp³-hybridized carbons (Fsp3) is 0.462. The van der Waals surface area contributed by atoms with Gasteiger partial charge in [-0.2, -0.15) is 0 Å². The summed E-state index contributed by atoms with van der Waals surface area (Å²) in [5.74, 6) is 0.425. The Hall–Kier alpha value is -3.13. The lowest BCUT2D eigenvalue weighted by molar-refractivity contribution is -0.135. The standard InChI is InChI=1S/C26H33FN4O3/c1-34-23-9-7-22(8-10-23)30-17-15-29(16-18-30)14-2-13-28-26(33)24-11-12-25(32)31(24)19-20-3-5-21(27)6-4-20/h3-10,24H,2,11-19H2,1H3,(H,28,33). The molecular formula is C26H33FN4O3. The number of amides is 2. The number of ether oxygens (including phenoxy) is 1. The van der Waals surface area contributed by atoms with Crippen molar-refractivity contribution in [3.8, 4) is 5.75 Å². The van der Waals surface area contributed by atoms with Crippen molar-refractivity contribution in [2.45, 2.75) is 31.8 Å². The van der Waals surface area contributed by atoms with E-state index in [0.717, 1.165) is 50.5 Å². The van der Waals surface area contributed by atoms with Crippen LogP contribution in [0.15, 0.2) is 48.5 Å². The van der Waals surface area contributed by atoms with Crippen molar-refractivity contribution in [2.24, 2.45) is 0 Å². The van der Waals surface area contributed by atoms with E-state index in [-0.39, 0.29) is 17.6 Å². The van der Waals surface area contributed by atoms with Crippen LogP contribution in [0, 0.1) is 5.82 Å². The number of hydrogen-bond donors (Lipinski definition) is 1. The van der Waals surface area contributed by atoms with Gasteiger partial charge in [0.25, 0.3) is 0 Å². The van der Waals surface area contributed by atoms with Crippen LogP contribution in [0.4, 0.5) is 10.1 Å². The number of likely N-dealkylation sites (tertiary alicyclic amines) is 1. The highest BCUT2D eigenvalue weighted by Gasteiger charge is 2.35. The largest absolute Gasteiger partial charge is 0.497 e. The molecule has 182 valence electrons. The number of nitrogens with one attached hydrogen (secondary N) is 1. The zero-order valence-corrected chi connectivity index (χ0v) is 19.7. The van der Waals surface area contributed by atoms with Gasteiger partial charge in [0.1, 0.15) is 17.6 Å². The molecule has 1 atom stereocenters. The van der Waals surface area contributed by atoms with Gasteiger partial charge in [-0.15, -0.1) is 0 Å². The monoisotopic (exact) mass is 468 g/mol. The van der Waals surface area contributed by atoms with E-state index in [1.165, 1.54) is 17.8 Å². The van der Waals surface area contributed by atoms with Gasteiger partial charge in [-0.25, -0.2) is 4.39 Å². The van der Waals surface area contributed by atoms with Gasteiger partial charge in [-0.1, -0.05) is 12.1 Å². The summed E-state index contributed by atoms with van der Waals surface area (Å²) in [6, 6.07) is 13.8. The van der Waals surface area contributed by atoms with Crippen molar-refractivity contribution in [1.82, 2.24) is 15.1 Å². The fourth-order valence-corrected chi connectivity index (χ4v) is 4.65. The Morgan fingerprint density at radius 2 is 1.76 bits per heavy atom. The van der Waals surface area contributed by atoms with Crippen molar-refractivity contribution in [2.75, 3.05) is 51.3 Å². The number of rotatable bonds is 9. The minimum absolute atomic E-state index is 0.0285. The summed E-state index contributed by atoms with van der Waals surface area (Å²) in [4.78, 5) is 31.5. The summed E-state index contributed by atoms with van der Waals surface area (Å²) >= 11 is 0. The molecular weight excluding hydrogens is 435 g/mol. The van der Waals surface area contributed by atoms with Crippen LogP contribution in [-0.4, -0.2) is 74.0 Å². The van der Waals surface area contributed by atoms with Crippen molar-refractivity contribution in [1.29, 1.82) is 0 Å². The molecule has 2 saturated heterocycles. The molecule has 0 aromatic heterocycles. The Kier molecular flexibility index (Phi) is 8.00. The number of carbonyl (C=O) groups is 2. The molecule has 2 aromatic carbocycles. The molecule has 2 heterocycles.